The van der Waals surface area contributed by atoms with Crippen molar-refractivity contribution in [1.82, 2.24) is 16.0 Å². The smallest absolute Gasteiger partial charge is 0.319 e. The largest absolute Gasteiger partial charge is 0.334 e. The molecule has 9 heteroatoms. The van der Waals surface area contributed by atoms with Crippen molar-refractivity contribution >= 4 is 29.3 Å². The van der Waals surface area contributed by atoms with Gasteiger partial charge in [-0.15, -0.1) is 6.58 Å². The van der Waals surface area contributed by atoms with Crippen molar-refractivity contribution in [1.29, 1.82) is 0 Å². The van der Waals surface area contributed by atoms with E-state index in [1.807, 2.05) is 6.92 Å². The maximum Gasteiger partial charge on any atom is 0.319 e. The third-order valence-corrected chi connectivity index (χ3v) is 4.38. The summed E-state index contributed by atoms with van der Waals surface area (Å²) in [6.45, 7) is 6.00. The molecular formula is C23H28FN5O3. The topological polar surface area (TPSA) is 111 Å². The fraction of sp³-hybridized carbons (Fsp3) is 0.261. The minimum Gasteiger partial charge on any atom is -0.334 e. The lowest BCUT2D eigenvalue weighted by Gasteiger charge is -2.18. The second kappa shape index (κ2) is 12.7. The van der Waals surface area contributed by atoms with E-state index in [9.17, 15) is 18.8 Å². The van der Waals surface area contributed by atoms with Gasteiger partial charge in [0.2, 0.25) is 5.91 Å². The average Bonchev–Trinajstić information content (AvgIpc) is 2.78. The molecule has 0 aliphatic carbocycles. The zero-order chi connectivity index (χ0) is 23.3. The molecule has 2 aromatic carbocycles. The number of hydrogen-bond donors (Lipinski definition) is 5. The van der Waals surface area contributed by atoms with Gasteiger partial charge in [0.25, 0.3) is 0 Å². The molecule has 5 amide bonds. The minimum absolute atomic E-state index is 0.210. The summed E-state index contributed by atoms with van der Waals surface area (Å²) in [5.74, 6) is -0.703. The Balaban J connectivity index is 1.87. The van der Waals surface area contributed by atoms with E-state index in [1.54, 1.807) is 42.5 Å². The molecule has 0 heterocycles. The van der Waals surface area contributed by atoms with Gasteiger partial charge in [-0.2, -0.15) is 0 Å². The Morgan fingerprint density at radius 3 is 2.16 bits per heavy atom. The number of rotatable bonds is 10. The Kier molecular flexibility index (Phi) is 9.70. The standard InChI is InChI=1S/C23H28FN5O3/c1-3-5-20(29-23(32)26-15-16-6-8-17(24)9-7-16)21(30)27-18-10-12-19(13-11-18)28-22(31)25-14-4-2/h4,6-13,20H,2-3,5,14-15H2,1H3,(H,27,30)(H2,25,28,31)(H2,26,29,32). The summed E-state index contributed by atoms with van der Waals surface area (Å²) >= 11 is 0. The molecule has 0 saturated heterocycles. The quantitative estimate of drug-likeness (QED) is 0.362. The van der Waals surface area contributed by atoms with Gasteiger partial charge in [0.1, 0.15) is 11.9 Å². The molecule has 170 valence electrons. The molecule has 0 aliphatic rings. The molecular weight excluding hydrogens is 413 g/mol. The van der Waals surface area contributed by atoms with E-state index >= 15 is 0 Å². The first-order chi connectivity index (χ1) is 15.4. The molecule has 2 rings (SSSR count). The molecule has 0 aliphatic heterocycles. The Labute approximate surface area is 186 Å². The van der Waals surface area contributed by atoms with E-state index in [0.29, 0.717) is 30.8 Å². The van der Waals surface area contributed by atoms with Crippen molar-refractivity contribution in [2.45, 2.75) is 32.4 Å². The van der Waals surface area contributed by atoms with Crippen molar-refractivity contribution in [2.24, 2.45) is 0 Å². The lowest BCUT2D eigenvalue weighted by Crippen LogP contribution is -2.47. The van der Waals surface area contributed by atoms with Crippen LogP contribution in [0.2, 0.25) is 0 Å². The molecule has 0 radical (unpaired) electrons. The third kappa shape index (κ3) is 8.47. The van der Waals surface area contributed by atoms with E-state index in [4.69, 9.17) is 0 Å². The summed E-state index contributed by atoms with van der Waals surface area (Å²) in [4.78, 5) is 36.5. The van der Waals surface area contributed by atoms with Crippen LogP contribution in [0, 0.1) is 5.82 Å². The van der Waals surface area contributed by atoms with Crippen LogP contribution in [0.1, 0.15) is 25.3 Å². The van der Waals surface area contributed by atoms with Crippen LogP contribution in [0.4, 0.5) is 25.4 Å². The number of carbonyl (C=O) groups is 3. The lowest BCUT2D eigenvalue weighted by molar-refractivity contribution is -0.118. The zero-order valence-electron chi connectivity index (χ0n) is 17.9. The molecule has 0 bridgehead atoms. The number of carbonyl (C=O) groups excluding carboxylic acids is 3. The molecule has 5 N–H and O–H groups in total. The fourth-order valence-electron chi connectivity index (χ4n) is 2.76. The summed E-state index contributed by atoms with van der Waals surface area (Å²) in [5.41, 5.74) is 1.83. The van der Waals surface area contributed by atoms with Crippen molar-refractivity contribution in [3.63, 3.8) is 0 Å². The molecule has 8 nitrogen and oxygen atoms in total. The zero-order valence-corrected chi connectivity index (χ0v) is 17.9. The predicted octanol–water partition coefficient (Wildman–Crippen LogP) is 3.74. The third-order valence-electron chi connectivity index (χ3n) is 4.38. The van der Waals surface area contributed by atoms with Gasteiger partial charge in [-0.25, -0.2) is 14.0 Å². The highest BCUT2D eigenvalue weighted by Crippen LogP contribution is 2.14. The van der Waals surface area contributed by atoms with Gasteiger partial charge in [0, 0.05) is 24.5 Å². The van der Waals surface area contributed by atoms with Gasteiger partial charge in [0.05, 0.1) is 0 Å². The van der Waals surface area contributed by atoms with Crippen LogP contribution in [-0.2, 0) is 11.3 Å². The number of nitrogens with one attached hydrogen (secondary N) is 5. The first kappa shape index (κ1) is 24.4. The number of amides is 5. The summed E-state index contributed by atoms with van der Waals surface area (Å²) in [5, 5.41) is 13.3. The van der Waals surface area contributed by atoms with Crippen LogP contribution in [0.15, 0.2) is 61.2 Å². The number of urea groups is 2. The van der Waals surface area contributed by atoms with Crippen LogP contribution in [-0.4, -0.2) is 30.6 Å². The average molecular weight is 442 g/mol. The Morgan fingerprint density at radius 1 is 0.938 bits per heavy atom. The van der Waals surface area contributed by atoms with E-state index in [-0.39, 0.29) is 24.3 Å². The molecule has 0 fully saturated rings. The second-order valence-electron chi connectivity index (χ2n) is 6.99. The van der Waals surface area contributed by atoms with Crippen molar-refractivity contribution in [2.75, 3.05) is 17.2 Å². The highest BCUT2D eigenvalue weighted by molar-refractivity contribution is 5.97. The normalized spacial score (nSPS) is 11.1. The number of hydrogen-bond acceptors (Lipinski definition) is 3. The fourth-order valence-corrected chi connectivity index (χ4v) is 2.76. The van der Waals surface area contributed by atoms with Gasteiger partial charge in [-0.1, -0.05) is 31.6 Å². The first-order valence-corrected chi connectivity index (χ1v) is 10.3. The van der Waals surface area contributed by atoms with E-state index in [0.717, 1.165) is 5.56 Å². The van der Waals surface area contributed by atoms with Crippen molar-refractivity contribution < 1.29 is 18.8 Å². The Hall–Kier alpha value is -3.88. The first-order valence-electron chi connectivity index (χ1n) is 10.3. The van der Waals surface area contributed by atoms with Crippen LogP contribution in [0.25, 0.3) is 0 Å². The monoisotopic (exact) mass is 441 g/mol. The highest BCUT2D eigenvalue weighted by Gasteiger charge is 2.20. The van der Waals surface area contributed by atoms with Crippen LogP contribution in [0.3, 0.4) is 0 Å². The van der Waals surface area contributed by atoms with E-state index < -0.39 is 12.1 Å². The van der Waals surface area contributed by atoms with Gasteiger partial charge >= 0.3 is 12.1 Å². The number of benzene rings is 2. The van der Waals surface area contributed by atoms with E-state index in [1.165, 1.54) is 12.1 Å². The highest BCUT2D eigenvalue weighted by atomic mass is 19.1. The summed E-state index contributed by atoms with van der Waals surface area (Å²) in [6.07, 6.45) is 2.72. The van der Waals surface area contributed by atoms with Gasteiger partial charge in [-0.3, -0.25) is 4.79 Å². The van der Waals surface area contributed by atoms with Gasteiger partial charge in [-0.05, 0) is 48.4 Å². The predicted molar refractivity (Wildman–Crippen MR) is 123 cm³/mol. The molecule has 32 heavy (non-hydrogen) atoms. The van der Waals surface area contributed by atoms with Crippen LogP contribution >= 0.6 is 0 Å². The van der Waals surface area contributed by atoms with Crippen LogP contribution in [0.5, 0.6) is 0 Å². The van der Waals surface area contributed by atoms with E-state index in [2.05, 4.69) is 33.2 Å². The molecule has 0 aromatic heterocycles. The molecule has 2 aromatic rings. The Morgan fingerprint density at radius 2 is 1.56 bits per heavy atom. The number of anilines is 2. The second-order valence-corrected chi connectivity index (χ2v) is 6.99. The molecule has 1 atom stereocenters. The molecule has 1 unspecified atom stereocenters. The van der Waals surface area contributed by atoms with Crippen molar-refractivity contribution in [3.05, 3.63) is 72.6 Å². The SMILES string of the molecule is C=CCNC(=O)Nc1ccc(NC(=O)C(CCC)NC(=O)NCc2ccc(F)cc2)cc1. The minimum atomic E-state index is -0.726. The summed E-state index contributed by atoms with van der Waals surface area (Å²) in [7, 11) is 0. The summed E-state index contributed by atoms with van der Waals surface area (Å²) < 4.78 is 13.0. The van der Waals surface area contributed by atoms with Crippen molar-refractivity contribution in [3.8, 4) is 0 Å². The lowest BCUT2D eigenvalue weighted by atomic mass is 10.1. The maximum absolute atomic E-state index is 13.0. The summed E-state index contributed by atoms with van der Waals surface area (Å²) in [6, 6.07) is 10.8. The molecule has 0 spiro atoms. The number of halogens is 1. The van der Waals surface area contributed by atoms with Gasteiger partial charge in [0.15, 0.2) is 0 Å². The van der Waals surface area contributed by atoms with Crippen LogP contribution < -0.4 is 26.6 Å². The molecule has 0 saturated carbocycles. The maximum atomic E-state index is 13.0. The Bertz CT molecular complexity index is 916. The van der Waals surface area contributed by atoms with Gasteiger partial charge < -0.3 is 26.6 Å².